The zero-order valence-electron chi connectivity index (χ0n) is 12.9. The molecular weight excluding hydrogens is 289 g/mol. The predicted molar refractivity (Wildman–Crippen MR) is 90.0 cm³/mol. The summed E-state index contributed by atoms with van der Waals surface area (Å²) in [4.78, 5) is 0. The lowest BCUT2D eigenvalue weighted by Gasteiger charge is -2.37. The minimum absolute atomic E-state index is 0.426. The third-order valence-electron chi connectivity index (χ3n) is 4.56. The number of benzene rings is 1. The number of aryl methyl sites for hydroxylation is 1. The smallest absolute Gasteiger partial charge is 0.0641 e. The molecule has 112 valence electrons. The molecule has 0 amide bonds. The molecule has 0 bridgehead atoms. The summed E-state index contributed by atoms with van der Waals surface area (Å²) in [7, 11) is 0. The SMILES string of the molecule is Cc1cc(Cl)c(NC2CCC(C(C)(C)C)CC2)cc1Cl. The van der Waals surface area contributed by atoms with Crippen molar-refractivity contribution in [2.45, 2.75) is 59.4 Å². The van der Waals surface area contributed by atoms with Crippen molar-refractivity contribution in [3.8, 4) is 0 Å². The van der Waals surface area contributed by atoms with Crippen molar-refractivity contribution < 1.29 is 0 Å². The normalized spacial score (nSPS) is 23.7. The molecule has 0 atom stereocenters. The van der Waals surface area contributed by atoms with Crippen LogP contribution in [0.5, 0.6) is 0 Å². The van der Waals surface area contributed by atoms with Crippen molar-refractivity contribution in [3.05, 3.63) is 27.7 Å². The van der Waals surface area contributed by atoms with E-state index in [1.165, 1.54) is 25.7 Å². The monoisotopic (exact) mass is 313 g/mol. The third kappa shape index (κ3) is 3.83. The van der Waals surface area contributed by atoms with Crippen LogP contribution in [0.1, 0.15) is 52.0 Å². The molecule has 1 nitrogen and oxygen atoms in total. The van der Waals surface area contributed by atoms with Crippen LogP contribution in [0.3, 0.4) is 0 Å². The number of hydrogen-bond acceptors (Lipinski definition) is 1. The van der Waals surface area contributed by atoms with E-state index in [1.54, 1.807) is 0 Å². The van der Waals surface area contributed by atoms with E-state index >= 15 is 0 Å². The molecule has 0 aliphatic heterocycles. The molecule has 0 spiro atoms. The number of rotatable bonds is 2. The van der Waals surface area contributed by atoms with Crippen LogP contribution in [0.2, 0.25) is 10.0 Å². The van der Waals surface area contributed by atoms with Gasteiger partial charge in [0.15, 0.2) is 0 Å². The molecule has 1 saturated carbocycles. The molecule has 0 unspecified atom stereocenters. The fraction of sp³-hybridized carbons (Fsp3) is 0.647. The van der Waals surface area contributed by atoms with Gasteiger partial charge in [-0.3, -0.25) is 0 Å². The summed E-state index contributed by atoms with van der Waals surface area (Å²) in [5.41, 5.74) is 2.43. The Morgan fingerprint density at radius 2 is 1.60 bits per heavy atom. The second-order valence-electron chi connectivity index (χ2n) is 7.14. The minimum atomic E-state index is 0.426. The topological polar surface area (TPSA) is 12.0 Å². The fourth-order valence-electron chi connectivity index (χ4n) is 3.08. The van der Waals surface area contributed by atoms with Gasteiger partial charge in [0.25, 0.3) is 0 Å². The van der Waals surface area contributed by atoms with Crippen LogP contribution in [-0.4, -0.2) is 6.04 Å². The van der Waals surface area contributed by atoms with Gasteiger partial charge in [0.05, 0.1) is 10.7 Å². The van der Waals surface area contributed by atoms with Gasteiger partial charge in [-0.25, -0.2) is 0 Å². The Labute approximate surface area is 133 Å². The first kappa shape index (κ1) is 16.0. The molecule has 0 radical (unpaired) electrons. The molecule has 1 N–H and O–H groups in total. The maximum Gasteiger partial charge on any atom is 0.0641 e. The quantitative estimate of drug-likeness (QED) is 0.673. The Morgan fingerprint density at radius 3 is 2.15 bits per heavy atom. The van der Waals surface area contributed by atoms with Crippen molar-refractivity contribution in [3.63, 3.8) is 0 Å². The van der Waals surface area contributed by atoms with Crippen LogP contribution in [0.25, 0.3) is 0 Å². The van der Waals surface area contributed by atoms with Gasteiger partial charge in [0, 0.05) is 11.1 Å². The highest BCUT2D eigenvalue weighted by molar-refractivity contribution is 6.35. The number of hydrogen-bond donors (Lipinski definition) is 1. The van der Waals surface area contributed by atoms with Crippen molar-refractivity contribution >= 4 is 28.9 Å². The molecule has 0 saturated heterocycles. The van der Waals surface area contributed by atoms with Crippen LogP contribution in [0.15, 0.2) is 12.1 Å². The summed E-state index contributed by atoms with van der Waals surface area (Å²) < 4.78 is 0. The highest BCUT2D eigenvalue weighted by Gasteiger charge is 2.29. The fourth-order valence-corrected chi connectivity index (χ4v) is 3.52. The zero-order valence-corrected chi connectivity index (χ0v) is 14.4. The average Bonchev–Trinajstić information content (AvgIpc) is 2.35. The Morgan fingerprint density at radius 1 is 1.00 bits per heavy atom. The van der Waals surface area contributed by atoms with Crippen LogP contribution in [0.4, 0.5) is 5.69 Å². The van der Waals surface area contributed by atoms with Gasteiger partial charge < -0.3 is 5.32 Å². The van der Waals surface area contributed by atoms with E-state index in [1.807, 2.05) is 19.1 Å². The molecular formula is C17H25Cl2N. The van der Waals surface area contributed by atoms with Gasteiger partial charge in [-0.05, 0) is 61.6 Å². The van der Waals surface area contributed by atoms with Crippen LogP contribution >= 0.6 is 23.2 Å². The summed E-state index contributed by atoms with van der Waals surface area (Å²) in [6, 6.07) is 4.41. The van der Waals surface area contributed by atoms with E-state index in [0.717, 1.165) is 27.2 Å². The lowest BCUT2D eigenvalue weighted by Crippen LogP contribution is -2.31. The number of anilines is 1. The molecule has 2 rings (SSSR count). The van der Waals surface area contributed by atoms with Gasteiger partial charge in [-0.15, -0.1) is 0 Å². The molecule has 1 aromatic rings. The van der Waals surface area contributed by atoms with Gasteiger partial charge in [-0.2, -0.15) is 0 Å². The molecule has 3 heteroatoms. The van der Waals surface area contributed by atoms with Crippen molar-refractivity contribution in [2.75, 3.05) is 5.32 Å². The van der Waals surface area contributed by atoms with E-state index in [4.69, 9.17) is 23.2 Å². The minimum Gasteiger partial charge on any atom is -0.381 e. The van der Waals surface area contributed by atoms with E-state index in [2.05, 4.69) is 26.1 Å². The highest BCUT2D eigenvalue weighted by atomic mass is 35.5. The summed E-state index contributed by atoms with van der Waals surface area (Å²) in [6.07, 6.45) is 5.00. The van der Waals surface area contributed by atoms with Crippen LogP contribution in [0, 0.1) is 18.3 Å². The highest BCUT2D eigenvalue weighted by Crippen LogP contribution is 2.39. The predicted octanol–water partition coefficient (Wildman–Crippen LogP) is 6.32. The molecule has 20 heavy (non-hydrogen) atoms. The van der Waals surface area contributed by atoms with Crippen molar-refractivity contribution in [2.24, 2.45) is 11.3 Å². The summed E-state index contributed by atoms with van der Waals surface area (Å²) in [6.45, 7) is 9.03. The Hall–Kier alpha value is -0.400. The van der Waals surface area contributed by atoms with Gasteiger partial charge in [0.1, 0.15) is 0 Å². The maximum atomic E-state index is 6.30. The summed E-state index contributed by atoms with van der Waals surface area (Å²) >= 11 is 12.5. The lowest BCUT2D eigenvalue weighted by atomic mass is 9.71. The Balaban J connectivity index is 1.98. The standard InChI is InChI=1S/C17H25Cl2N/c1-11-9-15(19)16(10-14(11)18)20-13-7-5-12(6-8-13)17(2,3)4/h9-10,12-13,20H,5-8H2,1-4H3. The second-order valence-corrected chi connectivity index (χ2v) is 7.95. The summed E-state index contributed by atoms with van der Waals surface area (Å²) in [5.74, 6) is 0.831. The summed E-state index contributed by atoms with van der Waals surface area (Å²) in [5, 5.41) is 5.12. The lowest BCUT2D eigenvalue weighted by molar-refractivity contribution is 0.173. The molecule has 0 heterocycles. The third-order valence-corrected chi connectivity index (χ3v) is 5.28. The molecule has 1 aliphatic carbocycles. The number of halogens is 2. The van der Waals surface area contributed by atoms with Gasteiger partial charge in [-0.1, -0.05) is 44.0 Å². The largest absolute Gasteiger partial charge is 0.381 e. The molecule has 0 aromatic heterocycles. The van der Waals surface area contributed by atoms with Crippen molar-refractivity contribution in [1.29, 1.82) is 0 Å². The molecule has 1 aliphatic rings. The van der Waals surface area contributed by atoms with E-state index < -0.39 is 0 Å². The first-order valence-corrected chi connectivity index (χ1v) is 8.25. The molecule has 1 fully saturated rings. The average molecular weight is 314 g/mol. The van der Waals surface area contributed by atoms with Gasteiger partial charge >= 0.3 is 0 Å². The van der Waals surface area contributed by atoms with E-state index in [0.29, 0.717) is 11.5 Å². The molecule has 1 aromatic carbocycles. The first-order chi connectivity index (χ1) is 9.27. The van der Waals surface area contributed by atoms with Crippen LogP contribution < -0.4 is 5.32 Å². The zero-order chi connectivity index (χ0) is 14.9. The van der Waals surface area contributed by atoms with Crippen LogP contribution in [-0.2, 0) is 0 Å². The van der Waals surface area contributed by atoms with E-state index in [-0.39, 0.29) is 0 Å². The maximum absolute atomic E-state index is 6.30. The van der Waals surface area contributed by atoms with Crippen molar-refractivity contribution in [1.82, 2.24) is 0 Å². The second kappa shape index (κ2) is 6.15. The van der Waals surface area contributed by atoms with E-state index in [9.17, 15) is 0 Å². The first-order valence-electron chi connectivity index (χ1n) is 7.49. The Bertz CT molecular complexity index is 469. The number of nitrogens with one attached hydrogen (secondary N) is 1. The van der Waals surface area contributed by atoms with Gasteiger partial charge in [0.2, 0.25) is 0 Å². The Kier molecular flexibility index (Phi) is 4.92.